The van der Waals surface area contributed by atoms with Gasteiger partial charge in [-0.15, -0.1) is 10.2 Å². The summed E-state index contributed by atoms with van der Waals surface area (Å²) in [5, 5.41) is 13.6. The van der Waals surface area contributed by atoms with E-state index in [0.717, 1.165) is 18.6 Å². The van der Waals surface area contributed by atoms with E-state index in [2.05, 4.69) is 34.7 Å². The standard InChI is InChI=1S/C18H24N4O3/c1-11(2)16-14(8-9-24-16)10-19-18(23)20-15-6-4-13(5-7-15)17-22-21-12(3)25-17/h4-7,11,14,16H,8-10H2,1-3H3,(H2,19,20,23). The van der Waals surface area contributed by atoms with Gasteiger partial charge in [-0.05, 0) is 36.6 Å². The maximum Gasteiger partial charge on any atom is 0.319 e. The van der Waals surface area contributed by atoms with Crippen LogP contribution >= 0.6 is 0 Å². The summed E-state index contributed by atoms with van der Waals surface area (Å²) in [4.78, 5) is 12.1. The minimum absolute atomic E-state index is 0.212. The van der Waals surface area contributed by atoms with Gasteiger partial charge in [0.15, 0.2) is 0 Å². The van der Waals surface area contributed by atoms with Crippen LogP contribution in [0.25, 0.3) is 11.5 Å². The number of hydrogen-bond acceptors (Lipinski definition) is 5. The summed E-state index contributed by atoms with van der Waals surface area (Å²) in [6.07, 6.45) is 1.21. The zero-order valence-electron chi connectivity index (χ0n) is 14.8. The van der Waals surface area contributed by atoms with Crippen molar-refractivity contribution >= 4 is 11.7 Å². The predicted molar refractivity (Wildman–Crippen MR) is 94.2 cm³/mol. The van der Waals surface area contributed by atoms with E-state index in [-0.39, 0.29) is 12.1 Å². The van der Waals surface area contributed by atoms with Gasteiger partial charge in [0, 0.05) is 37.2 Å². The Hall–Kier alpha value is -2.41. The van der Waals surface area contributed by atoms with Crippen LogP contribution in [-0.4, -0.2) is 35.5 Å². The maximum atomic E-state index is 12.1. The summed E-state index contributed by atoms with van der Waals surface area (Å²) in [5.41, 5.74) is 1.52. The van der Waals surface area contributed by atoms with Crippen LogP contribution in [0.15, 0.2) is 28.7 Å². The normalized spacial score (nSPS) is 20.0. The first kappa shape index (κ1) is 17.4. The first-order valence-corrected chi connectivity index (χ1v) is 8.60. The molecule has 25 heavy (non-hydrogen) atoms. The fourth-order valence-corrected chi connectivity index (χ4v) is 3.12. The van der Waals surface area contributed by atoms with Crippen molar-refractivity contribution in [3.05, 3.63) is 30.2 Å². The predicted octanol–water partition coefficient (Wildman–Crippen LogP) is 3.23. The molecule has 2 N–H and O–H groups in total. The van der Waals surface area contributed by atoms with E-state index >= 15 is 0 Å². The lowest BCUT2D eigenvalue weighted by atomic mass is 9.93. The number of hydrogen-bond donors (Lipinski definition) is 2. The van der Waals surface area contributed by atoms with Crippen LogP contribution in [0.1, 0.15) is 26.2 Å². The van der Waals surface area contributed by atoms with E-state index in [1.165, 1.54) is 0 Å². The highest BCUT2D eigenvalue weighted by atomic mass is 16.5. The van der Waals surface area contributed by atoms with Gasteiger partial charge in [-0.1, -0.05) is 13.8 Å². The Balaban J connectivity index is 1.51. The lowest BCUT2D eigenvalue weighted by molar-refractivity contribution is 0.0546. The first-order valence-electron chi connectivity index (χ1n) is 8.60. The Morgan fingerprint density at radius 3 is 2.68 bits per heavy atom. The van der Waals surface area contributed by atoms with Crippen molar-refractivity contribution in [2.75, 3.05) is 18.5 Å². The van der Waals surface area contributed by atoms with E-state index in [4.69, 9.17) is 9.15 Å². The van der Waals surface area contributed by atoms with E-state index in [9.17, 15) is 4.79 Å². The van der Waals surface area contributed by atoms with Gasteiger partial charge < -0.3 is 19.8 Å². The number of carbonyl (C=O) groups excluding carboxylic acids is 1. The molecule has 0 saturated carbocycles. The molecule has 2 heterocycles. The van der Waals surface area contributed by atoms with Gasteiger partial charge in [0.1, 0.15) is 0 Å². The van der Waals surface area contributed by atoms with Gasteiger partial charge in [0.05, 0.1) is 6.10 Å². The molecule has 1 aromatic carbocycles. The van der Waals surface area contributed by atoms with Crippen molar-refractivity contribution in [3.8, 4) is 11.5 Å². The lowest BCUT2D eigenvalue weighted by Gasteiger charge is -2.22. The molecule has 2 amide bonds. The molecule has 2 atom stereocenters. The van der Waals surface area contributed by atoms with Gasteiger partial charge in [-0.3, -0.25) is 0 Å². The number of ether oxygens (including phenoxy) is 1. The number of aryl methyl sites for hydroxylation is 1. The Kier molecular flexibility index (Phi) is 5.33. The molecule has 0 radical (unpaired) electrons. The van der Waals surface area contributed by atoms with Crippen LogP contribution in [0.2, 0.25) is 0 Å². The quantitative estimate of drug-likeness (QED) is 0.869. The number of nitrogens with zero attached hydrogens (tertiary/aromatic N) is 2. The number of anilines is 1. The molecule has 134 valence electrons. The van der Waals surface area contributed by atoms with Crippen LogP contribution in [0, 0.1) is 18.8 Å². The SMILES string of the molecule is Cc1nnc(-c2ccc(NC(=O)NCC3CCOC3C(C)C)cc2)o1. The molecule has 0 aliphatic carbocycles. The molecule has 1 saturated heterocycles. The Morgan fingerprint density at radius 1 is 1.28 bits per heavy atom. The summed E-state index contributed by atoms with van der Waals surface area (Å²) >= 11 is 0. The molecule has 7 nitrogen and oxygen atoms in total. The summed E-state index contributed by atoms with van der Waals surface area (Å²) < 4.78 is 11.1. The highest BCUT2D eigenvalue weighted by Gasteiger charge is 2.30. The Morgan fingerprint density at radius 2 is 2.04 bits per heavy atom. The van der Waals surface area contributed by atoms with Crippen molar-refractivity contribution in [3.63, 3.8) is 0 Å². The third-order valence-electron chi connectivity index (χ3n) is 4.36. The van der Waals surface area contributed by atoms with Crippen LogP contribution in [0.3, 0.4) is 0 Å². The fourth-order valence-electron chi connectivity index (χ4n) is 3.12. The smallest absolute Gasteiger partial charge is 0.319 e. The molecule has 0 bridgehead atoms. The van der Waals surface area contributed by atoms with Gasteiger partial charge in [0.2, 0.25) is 11.8 Å². The Labute approximate surface area is 147 Å². The van der Waals surface area contributed by atoms with E-state index in [0.29, 0.717) is 35.8 Å². The molecule has 1 fully saturated rings. The maximum absolute atomic E-state index is 12.1. The topological polar surface area (TPSA) is 89.3 Å². The first-order chi connectivity index (χ1) is 12.0. The second kappa shape index (κ2) is 7.65. The number of aromatic nitrogens is 2. The molecular weight excluding hydrogens is 320 g/mol. The van der Waals surface area contributed by atoms with Crippen molar-refractivity contribution in [1.82, 2.24) is 15.5 Å². The minimum Gasteiger partial charge on any atom is -0.421 e. The van der Waals surface area contributed by atoms with Crippen LogP contribution in [0.5, 0.6) is 0 Å². The lowest BCUT2D eigenvalue weighted by Crippen LogP contribution is -2.37. The third kappa shape index (κ3) is 4.36. The largest absolute Gasteiger partial charge is 0.421 e. The summed E-state index contributed by atoms with van der Waals surface area (Å²) in [6, 6.07) is 7.08. The van der Waals surface area contributed by atoms with Gasteiger partial charge in [-0.25, -0.2) is 4.79 Å². The molecule has 3 rings (SSSR count). The van der Waals surface area contributed by atoms with Crippen molar-refractivity contribution < 1.29 is 13.9 Å². The summed E-state index contributed by atoms with van der Waals surface area (Å²) in [6.45, 7) is 7.43. The van der Waals surface area contributed by atoms with Gasteiger partial charge in [-0.2, -0.15) is 0 Å². The zero-order chi connectivity index (χ0) is 17.8. The van der Waals surface area contributed by atoms with E-state index in [1.807, 2.05) is 24.3 Å². The molecule has 7 heteroatoms. The highest BCUT2D eigenvalue weighted by molar-refractivity contribution is 5.89. The molecule has 2 unspecified atom stereocenters. The van der Waals surface area contributed by atoms with Crippen molar-refractivity contribution in [1.29, 1.82) is 0 Å². The highest BCUT2D eigenvalue weighted by Crippen LogP contribution is 2.26. The second-order valence-electron chi connectivity index (χ2n) is 6.67. The Bertz CT molecular complexity index is 711. The van der Waals surface area contributed by atoms with E-state index < -0.39 is 0 Å². The number of nitrogens with one attached hydrogen (secondary N) is 2. The second-order valence-corrected chi connectivity index (χ2v) is 6.67. The zero-order valence-corrected chi connectivity index (χ0v) is 14.8. The minimum atomic E-state index is -0.212. The molecule has 1 aliphatic heterocycles. The molecular formula is C18H24N4O3. The molecule has 0 spiro atoms. The van der Waals surface area contributed by atoms with Crippen molar-refractivity contribution in [2.24, 2.45) is 11.8 Å². The van der Waals surface area contributed by atoms with Crippen LogP contribution < -0.4 is 10.6 Å². The number of rotatable bonds is 5. The third-order valence-corrected chi connectivity index (χ3v) is 4.36. The van der Waals surface area contributed by atoms with Gasteiger partial charge >= 0.3 is 6.03 Å². The number of carbonyl (C=O) groups is 1. The number of urea groups is 1. The fraction of sp³-hybridized carbons (Fsp3) is 0.500. The average Bonchev–Trinajstić information content (AvgIpc) is 3.22. The monoisotopic (exact) mass is 344 g/mol. The van der Waals surface area contributed by atoms with Gasteiger partial charge in [0.25, 0.3) is 0 Å². The summed E-state index contributed by atoms with van der Waals surface area (Å²) in [5.74, 6) is 1.81. The average molecular weight is 344 g/mol. The summed E-state index contributed by atoms with van der Waals surface area (Å²) in [7, 11) is 0. The molecule has 1 aromatic heterocycles. The van der Waals surface area contributed by atoms with Crippen LogP contribution in [-0.2, 0) is 4.74 Å². The van der Waals surface area contributed by atoms with E-state index in [1.54, 1.807) is 6.92 Å². The molecule has 1 aliphatic rings. The number of benzene rings is 1. The van der Waals surface area contributed by atoms with Crippen molar-refractivity contribution in [2.45, 2.75) is 33.3 Å². The van der Waals surface area contributed by atoms with Crippen LogP contribution in [0.4, 0.5) is 10.5 Å². The number of amides is 2. The molecule has 2 aromatic rings.